The second-order valence-electron chi connectivity index (χ2n) is 9.43. The number of aliphatic hydroxyl groups is 1. The highest BCUT2D eigenvalue weighted by Gasteiger charge is 2.40. The Balaban J connectivity index is 0.000000302. The zero-order valence-corrected chi connectivity index (χ0v) is 22.1. The van der Waals surface area contributed by atoms with Crippen molar-refractivity contribution in [3.05, 3.63) is 96.5 Å². The molecular weight excluding hydrogens is 535 g/mol. The van der Waals surface area contributed by atoms with Crippen molar-refractivity contribution in [1.29, 1.82) is 0 Å². The Morgan fingerprint density at radius 3 is 2.17 bits per heavy atom. The summed E-state index contributed by atoms with van der Waals surface area (Å²) in [4.78, 5) is 41.4. The van der Waals surface area contributed by atoms with E-state index in [4.69, 9.17) is 20.4 Å². The van der Waals surface area contributed by atoms with Crippen LogP contribution < -0.4 is 0 Å². The number of carboxylic acid groups (broad SMARTS) is 3. The number of rotatable bonds is 13. The van der Waals surface area contributed by atoms with Crippen molar-refractivity contribution in [3.8, 4) is 0 Å². The Bertz CT molecular complexity index is 1440. The van der Waals surface area contributed by atoms with Crippen LogP contribution in [0.25, 0.3) is 10.9 Å². The lowest BCUT2D eigenvalue weighted by atomic mass is 9.96. The molecule has 0 spiro atoms. The largest absolute Gasteiger partial charge is 0.481 e. The van der Waals surface area contributed by atoms with Gasteiger partial charge in [-0.15, -0.1) is 0 Å². The third kappa shape index (κ3) is 9.48. The van der Waals surface area contributed by atoms with E-state index in [-0.39, 0.29) is 5.82 Å². The third-order valence-corrected chi connectivity index (χ3v) is 6.20. The smallest absolute Gasteiger partial charge is 0.336 e. The van der Waals surface area contributed by atoms with Gasteiger partial charge in [0.15, 0.2) is 5.60 Å². The molecule has 41 heavy (non-hydrogen) atoms. The molecule has 12 heteroatoms. The van der Waals surface area contributed by atoms with Crippen LogP contribution in [0.2, 0.25) is 0 Å². The van der Waals surface area contributed by atoms with Gasteiger partial charge in [-0.05, 0) is 24.1 Å². The quantitative estimate of drug-likeness (QED) is 0.188. The van der Waals surface area contributed by atoms with Gasteiger partial charge in [-0.3, -0.25) is 19.5 Å². The molecular formula is C29H31FN4O7. The number of fused-ring (bicyclic) bond motifs is 1. The molecule has 216 valence electrons. The lowest BCUT2D eigenvalue weighted by molar-refractivity contribution is -0.170. The Hall–Kier alpha value is -4.68. The number of carboxylic acids is 3. The van der Waals surface area contributed by atoms with E-state index in [1.807, 2.05) is 36.9 Å². The summed E-state index contributed by atoms with van der Waals surface area (Å²) in [6.45, 7) is 3.05. The molecule has 4 aromatic rings. The lowest BCUT2D eigenvalue weighted by Crippen LogP contribution is -2.42. The molecule has 0 amide bonds. The molecule has 0 aliphatic heterocycles. The maximum atomic E-state index is 14.2. The highest BCUT2D eigenvalue weighted by atomic mass is 19.1. The molecule has 0 aliphatic carbocycles. The first kappa shape index (κ1) is 30.9. The second-order valence-corrected chi connectivity index (χ2v) is 9.43. The van der Waals surface area contributed by atoms with Gasteiger partial charge in [-0.2, -0.15) is 0 Å². The molecule has 0 fully saturated rings. The summed E-state index contributed by atoms with van der Waals surface area (Å²) < 4.78 is 16.3. The van der Waals surface area contributed by atoms with E-state index in [2.05, 4.69) is 43.7 Å². The summed E-state index contributed by atoms with van der Waals surface area (Å²) in [5.74, 6) is -5.17. The van der Waals surface area contributed by atoms with Crippen LogP contribution in [0.1, 0.15) is 30.4 Å². The highest BCUT2D eigenvalue weighted by molar-refractivity contribution is 5.88. The Labute approximate surface area is 235 Å². The van der Waals surface area contributed by atoms with Crippen LogP contribution >= 0.6 is 0 Å². The van der Waals surface area contributed by atoms with Crippen molar-refractivity contribution >= 4 is 28.8 Å². The van der Waals surface area contributed by atoms with Gasteiger partial charge < -0.3 is 25.0 Å². The van der Waals surface area contributed by atoms with E-state index in [1.165, 1.54) is 6.07 Å². The second kappa shape index (κ2) is 14.6. The zero-order valence-electron chi connectivity index (χ0n) is 22.1. The van der Waals surface area contributed by atoms with Crippen LogP contribution in [0.4, 0.5) is 4.39 Å². The molecule has 0 radical (unpaired) electrons. The predicted molar refractivity (Wildman–Crippen MR) is 146 cm³/mol. The van der Waals surface area contributed by atoms with Gasteiger partial charge in [0.1, 0.15) is 5.82 Å². The van der Waals surface area contributed by atoms with E-state index in [0.29, 0.717) is 6.54 Å². The van der Waals surface area contributed by atoms with Gasteiger partial charge in [0.05, 0.1) is 24.7 Å². The van der Waals surface area contributed by atoms with Crippen molar-refractivity contribution in [3.63, 3.8) is 0 Å². The molecule has 0 bridgehead atoms. The normalized spacial score (nSPS) is 11.2. The number of hydrogen-bond acceptors (Lipinski definition) is 7. The molecule has 11 nitrogen and oxygen atoms in total. The van der Waals surface area contributed by atoms with Gasteiger partial charge in [-0.1, -0.05) is 42.5 Å². The van der Waals surface area contributed by atoms with Gasteiger partial charge in [-0.25, -0.2) is 14.2 Å². The van der Waals surface area contributed by atoms with Crippen LogP contribution in [0.5, 0.6) is 0 Å². The predicted octanol–water partition coefficient (Wildman–Crippen LogP) is 3.41. The summed E-state index contributed by atoms with van der Waals surface area (Å²) in [5.41, 5.74) is 0.158. The van der Waals surface area contributed by atoms with E-state index in [9.17, 15) is 18.8 Å². The third-order valence-electron chi connectivity index (χ3n) is 6.20. The molecule has 0 atom stereocenters. The van der Waals surface area contributed by atoms with Crippen LogP contribution in [0.3, 0.4) is 0 Å². The molecule has 2 aromatic carbocycles. The fourth-order valence-corrected chi connectivity index (χ4v) is 4.23. The number of halogens is 1. The number of nitrogens with zero attached hydrogens (tertiary/aromatic N) is 4. The Morgan fingerprint density at radius 2 is 1.54 bits per heavy atom. The average molecular weight is 567 g/mol. The molecule has 2 heterocycles. The van der Waals surface area contributed by atoms with Crippen LogP contribution in [0.15, 0.2) is 79.5 Å². The summed E-state index contributed by atoms with van der Waals surface area (Å²) >= 11 is 0. The zero-order chi connectivity index (χ0) is 29.8. The van der Waals surface area contributed by atoms with Gasteiger partial charge >= 0.3 is 17.9 Å². The van der Waals surface area contributed by atoms with E-state index < -0.39 is 36.4 Å². The van der Waals surface area contributed by atoms with E-state index in [0.717, 1.165) is 48.1 Å². The van der Waals surface area contributed by atoms with E-state index >= 15 is 0 Å². The first-order chi connectivity index (χ1) is 19.6. The standard InChI is InChI=1S/C23H23FN4.C6H8O7/c24-22-10-2-1-6-20(22)16-28(14-5-13-27-15-12-25-18-27)17-21-8-3-7-19-9-4-11-26-23(19)21;7-3(8)1-6(13,5(11)12)2-4(9)10/h1-4,6-12,15,18H,5,13-14,16-17H2;13H,1-2H2,(H,7,8)(H,9,10)(H,11,12). The summed E-state index contributed by atoms with van der Waals surface area (Å²) in [6, 6.07) is 17.3. The number of hydrogen-bond donors (Lipinski definition) is 4. The fourth-order valence-electron chi connectivity index (χ4n) is 4.23. The van der Waals surface area contributed by atoms with Crippen molar-refractivity contribution in [2.45, 2.75) is 44.5 Å². The van der Waals surface area contributed by atoms with Crippen molar-refractivity contribution < 1.29 is 39.2 Å². The fraction of sp³-hybridized carbons (Fsp3) is 0.276. The maximum absolute atomic E-state index is 14.2. The summed E-state index contributed by atoms with van der Waals surface area (Å²) in [7, 11) is 0. The number of aryl methyl sites for hydroxylation is 1. The molecule has 4 N–H and O–H groups in total. The first-order valence-corrected chi connectivity index (χ1v) is 12.7. The van der Waals surface area contributed by atoms with Gasteiger partial charge in [0, 0.05) is 55.7 Å². The SMILES string of the molecule is Fc1ccccc1CN(CCCn1ccnc1)Cc1cccc2cccnc12.O=C(O)CC(O)(CC(=O)O)C(=O)O. The number of para-hydroxylation sites is 1. The maximum Gasteiger partial charge on any atom is 0.336 e. The first-order valence-electron chi connectivity index (χ1n) is 12.7. The monoisotopic (exact) mass is 566 g/mol. The molecule has 2 aromatic heterocycles. The number of carbonyl (C=O) groups is 3. The topological polar surface area (TPSA) is 166 Å². The van der Waals surface area contributed by atoms with Crippen LogP contribution in [-0.4, -0.2) is 69.9 Å². The molecule has 0 aliphatic rings. The highest BCUT2D eigenvalue weighted by Crippen LogP contribution is 2.20. The van der Waals surface area contributed by atoms with Crippen molar-refractivity contribution in [2.24, 2.45) is 0 Å². The van der Waals surface area contributed by atoms with Gasteiger partial charge in [0.25, 0.3) is 0 Å². The molecule has 0 unspecified atom stereocenters. The molecule has 4 rings (SSSR count). The molecule has 0 saturated heterocycles. The minimum absolute atomic E-state index is 0.154. The van der Waals surface area contributed by atoms with Crippen molar-refractivity contribution in [2.75, 3.05) is 6.54 Å². The number of pyridine rings is 1. The van der Waals surface area contributed by atoms with Gasteiger partial charge in [0.2, 0.25) is 0 Å². The average Bonchev–Trinajstić information content (AvgIpc) is 3.43. The lowest BCUT2D eigenvalue weighted by Gasteiger charge is -2.23. The van der Waals surface area contributed by atoms with Crippen LogP contribution in [0, 0.1) is 5.82 Å². The minimum Gasteiger partial charge on any atom is -0.481 e. The number of benzene rings is 2. The van der Waals surface area contributed by atoms with Crippen LogP contribution in [-0.2, 0) is 34.0 Å². The number of aliphatic carboxylic acids is 3. The summed E-state index contributed by atoms with van der Waals surface area (Å²) in [5, 5.41) is 34.9. The number of imidazole rings is 1. The number of aromatic nitrogens is 3. The van der Waals surface area contributed by atoms with Crippen molar-refractivity contribution in [1.82, 2.24) is 19.4 Å². The Kier molecular flexibility index (Phi) is 11.0. The molecule has 0 saturated carbocycles. The Morgan fingerprint density at radius 1 is 0.878 bits per heavy atom. The van der Waals surface area contributed by atoms with E-state index in [1.54, 1.807) is 12.3 Å². The summed E-state index contributed by atoms with van der Waals surface area (Å²) in [6.07, 6.45) is 6.09. The minimum atomic E-state index is -2.74.